The number of hydrogen-bond acceptors (Lipinski definition) is 6. The normalized spacial score (nSPS) is 11.8. The smallest absolute Gasteiger partial charge is 0.137 e. The molecule has 0 N–H and O–H groups in total. The van der Waals surface area contributed by atoms with Gasteiger partial charge >= 0.3 is 0 Å². The van der Waals surface area contributed by atoms with Gasteiger partial charge in [-0.1, -0.05) is 426 Å². The second-order valence-corrected chi connectivity index (χ2v) is 37.7. The summed E-state index contributed by atoms with van der Waals surface area (Å²) in [6, 6.07) is 197. The van der Waals surface area contributed by atoms with Crippen LogP contribution in [-0.4, -0.2) is 0 Å². The molecular formula is C139H97N3O3. The quantitative estimate of drug-likeness (QED) is 0.0853. The second-order valence-electron chi connectivity index (χ2n) is 37.7. The van der Waals surface area contributed by atoms with Crippen molar-refractivity contribution >= 4 is 128 Å². The Labute approximate surface area is 843 Å². The maximum absolute atomic E-state index is 6.29. The SMILES string of the molecule is CC1(C)c2ccccc2-c2cc(-c3ccc(N(c4ccccc4)c4ccc(-c5ccc(-c6cccc7oc8ccccc8c67)cc5)cc4)cc3)ccc21.c1ccc(-c2ccc(-c3ccc(N(c4cccc(-c5cccc6oc7ccccc7c56)c4)c4ccc(-c5ccccc5)c5ccccc45)cc3)cc2)cc1.c1ccc(-c2ccc(N(c3ccc(-c4ccccc4)cc3)c3cccc4oc5ccccc5c34)cc2)cc1. The van der Waals surface area contributed by atoms with Crippen molar-refractivity contribution in [3.8, 4) is 111 Å². The van der Waals surface area contributed by atoms with E-state index in [9.17, 15) is 0 Å². The molecule has 0 spiro atoms. The zero-order valence-electron chi connectivity index (χ0n) is 80.1. The predicted molar refractivity (Wildman–Crippen MR) is 609 cm³/mol. The Morgan fingerprint density at radius 3 is 0.897 bits per heavy atom. The van der Waals surface area contributed by atoms with Crippen LogP contribution in [0.1, 0.15) is 25.0 Å². The molecule has 0 fully saturated rings. The van der Waals surface area contributed by atoms with Crippen molar-refractivity contribution in [3.05, 3.63) is 563 Å². The number of nitrogens with zero attached hydrogens (tertiary/aromatic N) is 3. The third-order valence-electron chi connectivity index (χ3n) is 28.7. The molecule has 0 radical (unpaired) electrons. The van der Waals surface area contributed by atoms with Gasteiger partial charge in [0, 0.05) is 77.5 Å². The minimum atomic E-state index is 0.00895. The summed E-state index contributed by atoms with van der Waals surface area (Å²) in [6.45, 7) is 4.66. The van der Waals surface area contributed by atoms with E-state index in [0.717, 1.165) is 128 Å². The van der Waals surface area contributed by atoms with E-state index in [1.807, 2.05) is 42.5 Å². The van der Waals surface area contributed by atoms with Crippen molar-refractivity contribution in [3.63, 3.8) is 0 Å². The van der Waals surface area contributed by atoms with Gasteiger partial charge in [-0.05, 0) is 267 Å². The van der Waals surface area contributed by atoms with Crippen molar-refractivity contribution in [1.29, 1.82) is 0 Å². The average molecular weight is 1860 g/mol. The first-order valence-electron chi connectivity index (χ1n) is 49.6. The maximum Gasteiger partial charge on any atom is 0.137 e. The highest BCUT2D eigenvalue weighted by molar-refractivity contribution is 6.16. The molecule has 145 heavy (non-hydrogen) atoms. The fourth-order valence-electron chi connectivity index (χ4n) is 21.5. The van der Waals surface area contributed by atoms with E-state index in [1.54, 1.807) is 0 Å². The van der Waals surface area contributed by atoms with Gasteiger partial charge in [0.05, 0.1) is 16.8 Å². The molecular weight excluding hydrogens is 1760 g/mol. The molecule has 6 nitrogen and oxygen atoms in total. The molecule has 0 bridgehead atoms. The fraction of sp³-hybridized carbons (Fsp3) is 0.0216. The first-order valence-corrected chi connectivity index (χ1v) is 49.6. The Hall–Kier alpha value is -18.9. The molecule has 3 aromatic heterocycles. The lowest BCUT2D eigenvalue weighted by Gasteiger charge is -2.28. The van der Waals surface area contributed by atoms with Gasteiger partial charge in [-0.2, -0.15) is 0 Å². The molecule has 686 valence electrons. The Balaban J connectivity index is 0.000000116. The highest BCUT2D eigenvalue weighted by atomic mass is 16.3. The van der Waals surface area contributed by atoms with Gasteiger partial charge < -0.3 is 28.0 Å². The van der Waals surface area contributed by atoms with Crippen LogP contribution in [0.2, 0.25) is 0 Å². The van der Waals surface area contributed by atoms with Crippen LogP contribution in [0.5, 0.6) is 0 Å². The van der Waals surface area contributed by atoms with E-state index in [0.29, 0.717) is 0 Å². The lowest BCUT2D eigenvalue weighted by Crippen LogP contribution is -2.14. The molecule has 0 saturated heterocycles. The van der Waals surface area contributed by atoms with Crippen LogP contribution >= 0.6 is 0 Å². The third-order valence-corrected chi connectivity index (χ3v) is 28.7. The lowest BCUT2D eigenvalue weighted by molar-refractivity contribution is 0.660. The maximum atomic E-state index is 6.29. The van der Waals surface area contributed by atoms with Crippen molar-refractivity contribution in [2.45, 2.75) is 19.3 Å². The molecule has 0 amide bonds. The van der Waals surface area contributed by atoms with Gasteiger partial charge in [0.2, 0.25) is 0 Å². The number of para-hydroxylation sites is 4. The Morgan fingerprint density at radius 1 is 0.145 bits per heavy atom. The molecule has 23 aromatic carbocycles. The lowest BCUT2D eigenvalue weighted by atomic mass is 9.82. The van der Waals surface area contributed by atoms with Gasteiger partial charge in [0.1, 0.15) is 33.5 Å². The molecule has 1 aliphatic rings. The first-order chi connectivity index (χ1) is 71.7. The second kappa shape index (κ2) is 38.0. The van der Waals surface area contributed by atoms with Crippen molar-refractivity contribution in [2.24, 2.45) is 0 Å². The van der Waals surface area contributed by atoms with E-state index < -0.39 is 0 Å². The average Bonchev–Trinajstić information content (AvgIpc) is 1.59. The molecule has 0 saturated carbocycles. The standard InChI is InChI=1S/C52H35NO.C51H37NO.C36H25NO/c1-3-13-36(14-4-1)37-25-27-38(28-26-37)39-29-31-42(32-30-39)53(49-34-33-44(40-15-5-2-6-16-40)46-19-7-8-20-47(46)49)43-18-11-17-41(35-43)45-22-12-24-51-52(45)48-21-9-10-23-50(48)54-51;1-51(2)46-16-8-6-13-43(46)45-33-38(27-32-47(45)51)36-25-30-41(31-26-36)52(39-11-4-3-5-12-39)40-28-23-35(24-29-40)34-19-21-37(22-20-34)42-15-10-18-49-50(42)44-14-7-9-17-48(44)53-49;1-3-10-26(11-4-1)28-18-22-30(23-19-28)37(31-24-20-29(21-25-31)27-12-5-2-6-13-27)33-15-9-17-35-36(33)32-14-7-8-16-34(32)38-35/h1-35H;3-33H,1-2H3;1-25H. The summed E-state index contributed by atoms with van der Waals surface area (Å²) in [6.07, 6.45) is 0. The van der Waals surface area contributed by atoms with Crippen molar-refractivity contribution in [1.82, 2.24) is 0 Å². The van der Waals surface area contributed by atoms with E-state index in [4.69, 9.17) is 13.3 Å². The summed E-state index contributed by atoms with van der Waals surface area (Å²) in [5.74, 6) is 0. The molecule has 0 atom stereocenters. The monoisotopic (exact) mass is 1860 g/mol. The van der Waals surface area contributed by atoms with Crippen molar-refractivity contribution < 1.29 is 13.3 Å². The molecule has 0 unspecified atom stereocenters. The Morgan fingerprint density at radius 2 is 0.428 bits per heavy atom. The van der Waals surface area contributed by atoms with Gasteiger partial charge in [-0.3, -0.25) is 0 Å². The zero-order valence-corrected chi connectivity index (χ0v) is 80.1. The number of anilines is 9. The topological polar surface area (TPSA) is 49.1 Å². The zero-order chi connectivity index (χ0) is 96.7. The summed E-state index contributed by atoms with van der Waals surface area (Å²) >= 11 is 0. The Bertz CT molecular complexity index is 9120. The number of hydrogen-bond donors (Lipinski definition) is 0. The molecule has 0 aliphatic heterocycles. The van der Waals surface area contributed by atoms with Crippen LogP contribution in [0.4, 0.5) is 51.2 Å². The molecule has 3 heterocycles. The van der Waals surface area contributed by atoms with Crippen LogP contribution in [0, 0.1) is 0 Å². The molecule has 27 rings (SSSR count). The highest BCUT2D eigenvalue weighted by Gasteiger charge is 2.36. The van der Waals surface area contributed by atoms with Crippen molar-refractivity contribution in [2.75, 3.05) is 14.7 Å². The minimum absolute atomic E-state index is 0.00895. The molecule has 6 heteroatoms. The summed E-state index contributed by atoms with van der Waals surface area (Å²) in [5.41, 5.74) is 42.3. The fourth-order valence-corrected chi connectivity index (χ4v) is 21.5. The first kappa shape index (κ1) is 87.6. The van der Waals surface area contributed by atoms with E-state index in [-0.39, 0.29) is 5.41 Å². The van der Waals surface area contributed by atoms with Gasteiger partial charge in [0.15, 0.2) is 0 Å². The summed E-state index contributed by atoms with van der Waals surface area (Å²) in [5, 5.41) is 9.20. The summed E-state index contributed by atoms with van der Waals surface area (Å²) in [4.78, 5) is 7.05. The van der Waals surface area contributed by atoms with Gasteiger partial charge in [-0.25, -0.2) is 0 Å². The largest absolute Gasteiger partial charge is 0.456 e. The van der Waals surface area contributed by atoms with Crippen LogP contribution in [0.25, 0.3) is 188 Å². The molecule has 26 aromatic rings. The minimum Gasteiger partial charge on any atom is -0.456 e. The van der Waals surface area contributed by atoms with E-state index in [1.165, 1.54) is 122 Å². The van der Waals surface area contributed by atoms with Gasteiger partial charge in [0.25, 0.3) is 0 Å². The van der Waals surface area contributed by atoms with Crippen LogP contribution in [0.3, 0.4) is 0 Å². The van der Waals surface area contributed by atoms with E-state index in [2.05, 4.69) is 538 Å². The van der Waals surface area contributed by atoms with Gasteiger partial charge in [-0.15, -0.1) is 0 Å². The number of fused-ring (bicyclic) bond motifs is 13. The summed E-state index contributed by atoms with van der Waals surface area (Å²) in [7, 11) is 0. The Kier molecular flexibility index (Phi) is 23.0. The van der Waals surface area contributed by atoms with Crippen LogP contribution < -0.4 is 14.7 Å². The third kappa shape index (κ3) is 16.8. The molecule has 1 aliphatic carbocycles. The van der Waals surface area contributed by atoms with E-state index >= 15 is 0 Å². The highest BCUT2D eigenvalue weighted by Crippen LogP contribution is 2.53. The number of benzene rings is 23. The summed E-state index contributed by atoms with van der Waals surface area (Å²) < 4.78 is 18.7. The number of furan rings is 3. The van der Waals surface area contributed by atoms with Crippen LogP contribution in [-0.2, 0) is 5.41 Å². The van der Waals surface area contributed by atoms with Crippen LogP contribution in [0.15, 0.2) is 565 Å². The predicted octanol–water partition coefficient (Wildman–Crippen LogP) is 39.6. The number of rotatable bonds is 18.